The van der Waals surface area contributed by atoms with Gasteiger partial charge in [-0.2, -0.15) is 8.78 Å². The Labute approximate surface area is 117 Å². The number of anilines is 1. The Morgan fingerprint density at radius 2 is 1.57 bits per heavy atom. The summed E-state index contributed by atoms with van der Waals surface area (Å²) in [5, 5.41) is 0. The van der Waals surface area contributed by atoms with Crippen LogP contribution in [-0.2, 0) is 0 Å². The number of hydrogen-bond donors (Lipinski definition) is 0. The molecular weight excluding hydrogens is 296 g/mol. The van der Waals surface area contributed by atoms with E-state index >= 15 is 0 Å². The number of nitrogens with zero attached hydrogens (tertiary/aromatic N) is 1. The van der Waals surface area contributed by atoms with E-state index in [1.165, 1.54) is 24.3 Å². The van der Waals surface area contributed by atoms with Gasteiger partial charge in [-0.3, -0.25) is 0 Å². The van der Waals surface area contributed by atoms with E-state index < -0.39 is 35.8 Å². The minimum absolute atomic E-state index is 0.0606. The Morgan fingerprint density at radius 1 is 1.05 bits per heavy atom. The minimum Gasteiger partial charge on any atom is -0.378 e. The van der Waals surface area contributed by atoms with Crippen molar-refractivity contribution in [1.29, 1.82) is 0 Å². The highest BCUT2D eigenvalue weighted by molar-refractivity contribution is 5.48. The fraction of sp³-hybridized carbons (Fsp3) is 0.429. The molecule has 0 aliphatic heterocycles. The summed E-state index contributed by atoms with van der Waals surface area (Å²) in [5.74, 6) is -8.46. The molecular formula is C14H13F6N. The van der Waals surface area contributed by atoms with Crippen molar-refractivity contribution in [2.75, 3.05) is 19.0 Å². The lowest BCUT2D eigenvalue weighted by molar-refractivity contribution is -0.216. The van der Waals surface area contributed by atoms with Crippen molar-refractivity contribution in [3.63, 3.8) is 0 Å². The molecule has 2 atom stereocenters. The first kappa shape index (κ1) is 15.7. The third-order valence-corrected chi connectivity index (χ3v) is 3.77. The quantitative estimate of drug-likeness (QED) is 0.734. The zero-order chi connectivity index (χ0) is 16.0. The average molecular weight is 309 g/mol. The highest BCUT2D eigenvalue weighted by atomic mass is 19.3. The van der Waals surface area contributed by atoms with E-state index in [4.69, 9.17) is 0 Å². The maximum Gasteiger partial charge on any atom is 0.305 e. The van der Waals surface area contributed by atoms with E-state index in [1.807, 2.05) is 0 Å². The molecule has 0 saturated heterocycles. The molecule has 1 saturated carbocycles. The molecule has 2 rings (SSSR count). The van der Waals surface area contributed by atoms with Crippen LogP contribution in [0.25, 0.3) is 0 Å². The number of allylic oxidation sites excluding steroid dienone is 1. The highest BCUT2D eigenvalue weighted by Crippen LogP contribution is 2.63. The normalized spacial score (nSPS) is 27.0. The average Bonchev–Trinajstić information content (AvgIpc) is 2.43. The summed E-state index contributed by atoms with van der Waals surface area (Å²) >= 11 is 0. The molecule has 1 aliphatic rings. The molecule has 0 amide bonds. The van der Waals surface area contributed by atoms with Gasteiger partial charge in [0, 0.05) is 32.1 Å². The van der Waals surface area contributed by atoms with Crippen molar-refractivity contribution in [1.82, 2.24) is 0 Å². The topological polar surface area (TPSA) is 3.24 Å². The Morgan fingerprint density at radius 3 is 1.95 bits per heavy atom. The lowest BCUT2D eigenvalue weighted by Gasteiger charge is -2.48. The summed E-state index contributed by atoms with van der Waals surface area (Å²) in [6, 6.07) is 5.74. The number of benzene rings is 1. The van der Waals surface area contributed by atoms with Crippen LogP contribution < -0.4 is 4.90 Å². The van der Waals surface area contributed by atoms with Crippen molar-refractivity contribution in [2.24, 2.45) is 0 Å². The molecule has 1 nitrogen and oxygen atoms in total. The molecule has 7 heteroatoms. The maximum atomic E-state index is 14.3. The second kappa shape index (κ2) is 4.96. The van der Waals surface area contributed by atoms with Gasteiger partial charge >= 0.3 is 6.08 Å². The SMILES string of the molecule is CN(C)c1ccc([C@@H]2CC(F)(F)[C@@]2(F)C(F)=C(F)F)cc1. The van der Waals surface area contributed by atoms with Crippen LogP contribution in [0.3, 0.4) is 0 Å². The lowest BCUT2D eigenvalue weighted by atomic mass is 9.63. The molecule has 0 heterocycles. The Kier molecular flexibility index (Phi) is 3.71. The molecule has 0 radical (unpaired) electrons. The molecule has 0 unspecified atom stereocenters. The van der Waals surface area contributed by atoms with E-state index in [-0.39, 0.29) is 5.56 Å². The van der Waals surface area contributed by atoms with Gasteiger partial charge in [0.2, 0.25) is 11.5 Å². The first-order valence-electron chi connectivity index (χ1n) is 6.16. The van der Waals surface area contributed by atoms with Crippen LogP contribution >= 0.6 is 0 Å². The number of rotatable bonds is 3. The van der Waals surface area contributed by atoms with E-state index in [0.29, 0.717) is 0 Å². The van der Waals surface area contributed by atoms with Gasteiger partial charge in [-0.05, 0) is 17.7 Å². The molecule has 116 valence electrons. The van der Waals surface area contributed by atoms with Crippen LogP contribution in [-0.4, -0.2) is 25.7 Å². The van der Waals surface area contributed by atoms with Crippen LogP contribution in [0, 0.1) is 0 Å². The van der Waals surface area contributed by atoms with Gasteiger partial charge in [-0.15, -0.1) is 0 Å². The van der Waals surface area contributed by atoms with Gasteiger partial charge in [0.25, 0.3) is 5.92 Å². The molecule has 0 spiro atoms. The van der Waals surface area contributed by atoms with E-state index in [9.17, 15) is 26.3 Å². The lowest BCUT2D eigenvalue weighted by Crippen LogP contribution is -2.60. The fourth-order valence-corrected chi connectivity index (χ4v) is 2.47. The summed E-state index contributed by atoms with van der Waals surface area (Å²) in [7, 11) is 3.49. The molecule has 1 aromatic rings. The standard InChI is InChI=1S/C14H13F6N/c1-21(2)9-5-3-8(4-6-9)10-7-13(18,19)14(10,20)11(15)12(16)17/h3-6,10H,7H2,1-2H3/t10-,14-/m0/s1. The van der Waals surface area contributed by atoms with Gasteiger partial charge in [-0.25, -0.2) is 17.6 Å². The van der Waals surface area contributed by atoms with Gasteiger partial charge in [0.1, 0.15) is 0 Å². The largest absolute Gasteiger partial charge is 0.378 e. The second-order valence-corrected chi connectivity index (χ2v) is 5.23. The zero-order valence-electron chi connectivity index (χ0n) is 11.3. The maximum absolute atomic E-state index is 14.3. The van der Waals surface area contributed by atoms with Crippen LogP contribution in [0.15, 0.2) is 36.2 Å². The highest BCUT2D eigenvalue weighted by Gasteiger charge is 2.74. The molecule has 1 aromatic carbocycles. The summed E-state index contributed by atoms with van der Waals surface area (Å²) in [5.41, 5.74) is -3.20. The van der Waals surface area contributed by atoms with Crippen LogP contribution in [0.4, 0.5) is 32.0 Å². The van der Waals surface area contributed by atoms with Crippen molar-refractivity contribution >= 4 is 5.69 Å². The molecule has 0 N–H and O–H groups in total. The molecule has 1 aliphatic carbocycles. The third kappa shape index (κ3) is 2.28. The predicted octanol–water partition coefficient (Wildman–Crippen LogP) is 4.66. The number of alkyl halides is 3. The van der Waals surface area contributed by atoms with Crippen molar-refractivity contribution in [3.05, 3.63) is 41.7 Å². The summed E-state index contributed by atoms with van der Waals surface area (Å²) in [6.07, 6.45) is -4.06. The molecule has 0 bridgehead atoms. The van der Waals surface area contributed by atoms with Gasteiger partial charge in [0.15, 0.2) is 0 Å². The van der Waals surface area contributed by atoms with Gasteiger partial charge < -0.3 is 4.90 Å². The minimum atomic E-state index is -4.15. The first-order chi connectivity index (χ1) is 9.61. The van der Waals surface area contributed by atoms with E-state index in [2.05, 4.69) is 0 Å². The molecule has 21 heavy (non-hydrogen) atoms. The van der Waals surface area contributed by atoms with E-state index in [0.717, 1.165) is 5.69 Å². The van der Waals surface area contributed by atoms with Gasteiger partial charge in [-0.1, -0.05) is 12.1 Å². The van der Waals surface area contributed by atoms with E-state index in [1.54, 1.807) is 19.0 Å². The summed E-state index contributed by atoms with van der Waals surface area (Å²) in [6.45, 7) is 0. The summed E-state index contributed by atoms with van der Waals surface area (Å²) < 4.78 is 78.8. The second-order valence-electron chi connectivity index (χ2n) is 5.23. The Hall–Kier alpha value is -1.66. The van der Waals surface area contributed by atoms with Gasteiger partial charge in [0.05, 0.1) is 0 Å². The number of hydrogen-bond acceptors (Lipinski definition) is 1. The van der Waals surface area contributed by atoms with Crippen molar-refractivity contribution in [3.8, 4) is 0 Å². The molecule has 1 fully saturated rings. The smallest absolute Gasteiger partial charge is 0.305 e. The van der Waals surface area contributed by atoms with Crippen LogP contribution in [0.2, 0.25) is 0 Å². The van der Waals surface area contributed by atoms with Crippen molar-refractivity contribution < 1.29 is 26.3 Å². The Bertz CT molecular complexity index is 561. The third-order valence-electron chi connectivity index (χ3n) is 3.77. The number of halogens is 6. The zero-order valence-corrected chi connectivity index (χ0v) is 11.3. The summed E-state index contributed by atoms with van der Waals surface area (Å²) in [4.78, 5) is 1.73. The first-order valence-corrected chi connectivity index (χ1v) is 6.16. The van der Waals surface area contributed by atoms with Crippen molar-refractivity contribution in [2.45, 2.75) is 23.9 Å². The predicted molar refractivity (Wildman–Crippen MR) is 67.3 cm³/mol. The Balaban J connectivity index is 2.39. The fourth-order valence-electron chi connectivity index (χ4n) is 2.47. The molecule has 0 aromatic heterocycles. The monoisotopic (exact) mass is 309 g/mol. The van der Waals surface area contributed by atoms with Crippen LogP contribution in [0.1, 0.15) is 17.9 Å². The van der Waals surface area contributed by atoms with Crippen LogP contribution in [0.5, 0.6) is 0 Å².